The molecule has 6 heteroatoms. The van der Waals surface area contributed by atoms with Crippen LogP contribution in [0.2, 0.25) is 0 Å². The maximum absolute atomic E-state index is 12.5. The molecule has 3 aromatic rings. The first-order valence-corrected chi connectivity index (χ1v) is 8.53. The van der Waals surface area contributed by atoms with Crippen LogP contribution in [0.1, 0.15) is 10.4 Å². The largest absolute Gasteiger partial charge is 0.351 e. The molecule has 1 fully saturated rings. The van der Waals surface area contributed by atoms with Crippen LogP contribution in [-0.2, 0) is 0 Å². The Balaban J connectivity index is 1.38. The fourth-order valence-corrected chi connectivity index (χ4v) is 3.00. The van der Waals surface area contributed by atoms with Crippen molar-refractivity contribution in [3.8, 4) is 11.3 Å². The molecule has 0 atom stereocenters. The van der Waals surface area contributed by atoms with Gasteiger partial charge in [0.15, 0.2) is 5.82 Å². The molecule has 26 heavy (non-hydrogen) atoms. The number of carbonyl (C=O) groups excluding carboxylic acids is 1. The number of likely N-dealkylation sites (N-methyl/N-ethyl adjacent to an activating group) is 1. The Bertz CT molecular complexity index is 877. The van der Waals surface area contributed by atoms with Gasteiger partial charge in [-0.05, 0) is 24.3 Å². The molecule has 4 rings (SSSR count). The van der Waals surface area contributed by atoms with Gasteiger partial charge in [0, 0.05) is 38.1 Å². The van der Waals surface area contributed by atoms with E-state index in [1.807, 2.05) is 49.5 Å². The lowest BCUT2D eigenvalue weighted by atomic mass is 10.1. The average Bonchev–Trinajstić information content (AvgIpc) is 2.68. The van der Waals surface area contributed by atoms with E-state index in [0.29, 0.717) is 5.56 Å². The molecule has 1 saturated heterocycles. The van der Waals surface area contributed by atoms with Gasteiger partial charge in [0.2, 0.25) is 0 Å². The van der Waals surface area contributed by atoms with Gasteiger partial charge in [-0.3, -0.25) is 9.78 Å². The van der Waals surface area contributed by atoms with E-state index < -0.39 is 0 Å². The maximum Gasteiger partial charge on any atom is 0.255 e. The molecule has 2 aromatic heterocycles. The number of anilines is 1. The van der Waals surface area contributed by atoms with Gasteiger partial charge in [-0.25, -0.2) is 0 Å². The molecule has 1 aliphatic rings. The number of benzene rings is 1. The van der Waals surface area contributed by atoms with Crippen molar-refractivity contribution in [1.82, 2.24) is 20.1 Å². The Morgan fingerprint density at radius 3 is 2.50 bits per heavy atom. The van der Waals surface area contributed by atoms with Crippen LogP contribution in [0.5, 0.6) is 0 Å². The minimum atomic E-state index is -0.00624. The zero-order valence-electron chi connectivity index (χ0n) is 14.5. The number of carbonyl (C=O) groups is 1. The number of hydrogen-bond acceptors (Lipinski definition) is 5. The highest BCUT2D eigenvalue weighted by Gasteiger charge is 2.33. The van der Waals surface area contributed by atoms with Crippen molar-refractivity contribution >= 4 is 11.7 Å². The molecule has 0 unspecified atom stereocenters. The number of nitrogens with zero attached hydrogens (tertiary/aromatic N) is 5. The second-order valence-electron chi connectivity index (χ2n) is 6.36. The SMILES string of the molecule is CN(C(=O)c1cccnc1)C1CN(c2ccc(-c3ccccc3)nn2)C1. The molecule has 1 aromatic carbocycles. The van der Waals surface area contributed by atoms with Gasteiger partial charge in [0.25, 0.3) is 5.91 Å². The van der Waals surface area contributed by atoms with Crippen LogP contribution in [0.25, 0.3) is 11.3 Å². The number of rotatable bonds is 4. The molecule has 3 heterocycles. The van der Waals surface area contributed by atoms with Gasteiger partial charge in [0.05, 0.1) is 17.3 Å². The zero-order chi connectivity index (χ0) is 17.9. The van der Waals surface area contributed by atoms with Crippen molar-refractivity contribution < 1.29 is 4.79 Å². The van der Waals surface area contributed by atoms with Crippen LogP contribution in [0.3, 0.4) is 0 Å². The van der Waals surface area contributed by atoms with Crippen LogP contribution < -0.4 is 4.90 Å². The second kappa shape index (κ2) is 6.92. The summed E-state index contributed by atoms with van der Waals surface area (Å²) in [7, 11) is 1.83. The van der Waals surface area contributed by atoms with Crippen molar-refractivity contribution in [2.45, 2.75) is 6.04 Å². The van der Waals surface area contributed by atoms with Crippen LogP contribution in [0, 0.1) is 0 Å². The summed E-state index contributed by atoms with van der Waals surface area (Å²) in [5.74, 6) is 0.830. The molecule has 0 aliphatic carbocycles. The van der Waals surface area contributed by atoms with E-state index in [2.05, 4.69) is 20.1 Å². The second-order valence-corrected chi connectivity index (χ2v) is 6.36. The Morgan fingerprint density at radius 2 is 1.85 bits per heavy atom. The zero-order valence-corrected chi connectivity index (χ0v) is 14.5. The Morgan fingerprint density at radius 1 is 1.04 bits per heavy atom. The van der Waals surface area contributed by atoms with Gasteiger partial charge >= 0.3 is 0 Å². The topological polar surface area (TPSA) is 62.2 Å². The number of amides is 1. The predicted octanol–water partition coefficient (Wildman–Crippen LogP) is 2.50. The number of aromatic nitrogens is 3. The maximum atomic E-state index is 12.5. The van der Waals surface area contributed by atoms with Crippen molar-refractivity contribution in [3.05, 3.63) is 72.6 Å². The normalized spacial score (nSPS) is 14.0. The van der Waals surface area contributed by atoms with Gasteiger partial charge < -0.3 is 9.80 Å². The Labute approximate surface area is 152 Å². The summed E-state index contributed by atoms with van der Waals surface area (Å²) in [6.07, 6.45) is 3.27. The minimum absolute atomic E-state index is 0.00624. The minimum Gasteiger partial charge on any atom is -0.351 e. The van der Waals surface area contributed by atoms with E-state index in [1.54, 1.807) is 29.4 Å². The fourth-order valence-electron chi connectivity index (χ4n) is 3.00. The van der Waals surface area contributed by atoms with Gasteiger partial charge in [-0.15, -0.1) is 10.2 Å². The summed E-state index contributed by atoms with van der Waals surface area (Å²) in [6.45, 7) is 1.50. The molecule has 130 valence electrons. The fraction of sp³-hybridized carbons (Fsp3) is 0.200. The van der Waals surface area contributed by atoms with Crippen LogP contribution >= 0.6 is 0 Å². The summed E-state index contributed by atoms with van der Waals surface area (Å²) in [5, 5.41) is 8.66. The monoisotopic (exact) mass is 345 g/mol. The molecule has 0 spiro atoms. The van der Waals surface area contributed by atoms with E-state index in [4.69, 9.17) is 0 Å². The summed E-state index contributed by atoms with van der Waals surface area (Å²) in [4.78, 5) is 20.4. The lowest BCUT2D eigenvalue weighted by Crippen LogP contribution is -2.60. The van der Waals surface area contributed by atoms with Gasteiger partial charge in [-0.1, -0.05) is 30.3 Å². The van der Waals surface area contributed by atoms with E-state index >= 15 is 0 Å². The van der Waals surface area contributed by atoms with E-state index in [1.165, 1.54) is 0 Å². The lowest BCUT2D eigenvalue weighted by Gasteiger charge is -2.44. The summed E-state index contributed by atoms with van der Waals surface area (Å²) < 4.78 is 0. The molecular formula is C20H19N5O. The Kier molecular flexibility index (Phi) is 4.31. The molecule has 0 radical (unpaired) electrons. The van der Waals surface area contributed by atoms with Crippen molar-refractivity contribution in [1.29, 1.82) is 0 Å². The van der Waals surface area contributed by atoms with Gasteiger partial charge in [-0.2, -0.15) is 0 Å². The van der Waals surface area contributed by atoms with E-state index in [-0.39, 0.29) is 11.9 Å². The molecule has 0 bridgehead atoms. The average molecular weight is 345 g/mol. The highest BCUT2D eigenvalue weighted by molar-refractivity contribution is 5.94. The number of hydrogen-bond donors (Lipinski definition) is 0. The molecule has 1 aliphatic heterocycles. The smallest absolute Gasteiger partial charge is 0.255 e. The standard InChI is InChI=1S/C20H19N5O/c1-24(20(26)16-8-5-11-21-12-16)17-13-25(14-17)19-10-9-18(22-23-19)15-6-3-2-4-7-15/h2-12,17H,13-14H2,1H3. The van der Waals surface area contributed by atoms with Crippen molar-refractivity contribution in [3.63, 3.8) is 0 Å². The first-order chi connectivity index (χ1) is 12.7. The number of pyridine rings is 1. The summed E-state index contributed by atoms with van der Waals surface area (Å²) >= 11 is 0. The highest BCUT2D eigenvalue weighted by atomic mass is 16.2. The van der Waals surface area contributed by atoms with Crippen LogP contribution in [0.15, 0.2) is 67.0 Å². The summed E-state index contributed by atoms with van der Waals surface area (Å²) in [5.41, 5.74) is 2.52. The van der Waals surface area contributed by atoms with Crippen molar-refractivity contribution in [2.24, 2.45) is 0 Å². The predicted molar refractivity (Wildman–Crippen MR) is 99.8 cm³/mol. The third-order valence-corrected chi connectivity index (χ3v) is 4.68. The lowest BCUT2D eigenvalue weighted by molar-refractivity contribution is 0.0704. The first-order valence-electron chi connectivity index (χ1n) is 8.53. The molecular weight excluding hydrogens is 326 g/mol. The van der Waals surface area contributed by atoms with E-state index in [0.717, 1.165) is 30.2 Å². The molecule has 6 nitrogen and oxygen atoms in total. The third kappa shape index (κ3) is 3.13. The summed E-state index contributed by atoms with van der Waals surface area (Å²) in [6, 6.07) is 17.7. The molecule has 1 amide bonds. The molecule has 0 N–H and O–H groups in total. The quantitative estimate of drug-likeness (QED) is 0.727. The van der Waals surface area contributed by atoms with Gasteiger partial charge in [0.1, 0.15) is 0 Å². The van der Waals surface area contributed by atoms with E-state index in [9.17, 15) is 4.79 Å². The highest BCUT2D eigenvalue weighted by Crippen LogP contribution is 2.23. The Hall–Kier alpha value is -3.28. The van der Waals surface area contributed by atoms with Crippen molar-refractivity contribution in [2.75, 3.05) is 25.0 Å². The molecule has 0 saturated carbocycles. The first kappa shape index (κ1) is 16.2. The van der Waals surface area contributed by atoms with Crippen LogP contribution in [-0.4, -0.2) is 52.2 Å². The van der Waals surface area contributed by atoms with Crippen LogP contribution in [0.4, 0.5) is 5.82 Å². The third-order valence-electron chi connectivity index (χ3n) is 4.68.